The maximum Gasteiger partial charge on any atom is 0.0918 e. The predicted octanol–water partition coefficient (Wildman–Crippen LogP) is 2.59. The number of benzene rings is 1. The lowest BCUT2D eigenvalue weighted by molar-refractivity contribution is 0.646. The normalized spacial score (nSPS) is 12.8. The lowest BCUT2D eigenvalue weighted by Crippen LogP contribution is -2.19. The average molecular weight is 266 g/mol. The van der Waals surface area contributed by atoms with Gasteiger partial charge in [-0.05, 0) is 31.7 Å². The molecule has 1 atom stereocenters. The highest BCUT2D eigenvalue weighted by Gasteiger charge is 2.19. The number of nitrogens with zero attached hydrogens (tertiary/aromatic N) is 3. The van der Waals surface area contributed by atoms with E-state index in [0.717, 1.165) is 22.5 Å². The lowest BCUT2D eigenvalue weighted by Gasteiger charge is -2.14. The van der Waals surface area contributed by atoms with E-state index < -0.39 is 0 Å². The second-order valence-electron chi connectivity index (χ2n) is 4.98. The topological polar surface area (TPSA) is 42.7 Å². The van der Waals surface area contributed by atoms with Crippen molar-refractivity contribution in [2.45, 2.75) is 13.0 Å². The summed E-state index contributed by atoms with van der Waals surface area (Å²) in [6.45, 7) is 1.99. The minimum absolute atomic E-state index is 0.0502. The van der Waals surface area contributed by atoms with Crippen LogP contribution in [0, 0.1) is 6.92 Å². The van der Waals surface area contributed by atoms with Crippen molar-refractivity contribution in [3.63, 3.8) is 0 Å². The second kappa shape index (κ2) is 5.06. The first-order valence-electron chi connectivity index (χ1n) is 6.72. The quantitative estimate of drug-likeness (QED) is 0.792. The van der Waals surface area contributed by atoms with E-state index in [0.29, 0.717) is 0 Å². The van der Waals surface area contributed by atoms with E-state index in [2.05, 4.69) is 33.6 Å². The molecule has 2 heterocycles. The molecular weight excluding hydrogens is 248 g/mol. The molecule has 0 saturated heterocycles. The molecule has 102 valence electrons. The number of hydrogen-bond acceptors (Lipinski definition) is 3. The molecule has 1 unspecified atom stereocenters. The van der Waals surface area contributed by atoms with Crippen molar-refractivity contribution >= 4 is 10.9 Å². The predicted molar refractivity (Wildman–Crippen MR) is 80.6 cm³/mol. The molecule has 0 fully saturated rings. The number of hydrogen-bond donors (Lipinski definition) is 1. The van der Waals surface area contributed by atoms with E-state index in [4.69, 9.17) is 0 Å². The van der Waals surface area contributed by atoms with Crippen LogP contribution < -0.4 is 5.32 Å². The Bertz CT molecular complexity index is 728. The molecule has 4 heteroatoms. The van der Waals surface area contributed by atoms with E-state index in [1.165, 1.54) is 5.39 Å². The third kappa shape index (κ3) is 2.08. The molecule has 0 bridgehead atoms. The summed E-state index contributed by atoms with van der Waals surface area (Å²) in [6.07, 6.45) is 1.92. The Kier molecular flexibility index (Phi) is 3.24. The van der Waals surface area contributed by atoms with Gasteiger partial charge in [0.1, 0.15) is 0 Å². The smallest absolute Gasteiger partial charge is 0.0918 e. The summed E-state index contributed by atoms with van der Waals surface area (Å²) in [5.74, 6) is 0. The van der Waals surface area contributed by atoms with Gasteiger partial charge in [0.2, 0.25) is 0 Å². The van der Waals surface area contributed by atoms with Crippen LogP contribution in [-0.4, -0.2) is 21.8 Å². The van der Waals surface area contributed by atoms with Gasteiger partial charge >= 0.3 is 0 Å². The fourth-order valence-corrected chi connectivity index (χ4v) is 2.57. The van der Waals surface area contributed by atoms with Gasteiger partial charge in [-0.2, -0.15) is 5.10 Å². The minimum atomic E-state index is 0.0502. The van der Waals surface area contributed by atoms with Crippen molar-refractivity contribution in [2.75, 3.05) is 7.05 Å². The molecule has 0 aliphatic carbocycles. The zero-order chi connectivity index (χ0) is 14.1. The maximum absolute atomic E-state index is 4.69. The van der Waals surface area contributed by atoms with Crippen LogP contribution in [0.2, 0.25) is 0 Å². The lowest BCUT2D eigenvalue weighted by atomic mass is 10.0. The highest BCUT2D eigenvalue weighted by Crippen LogP contribution is 2.27. The van der Waals surface area contributed by atoms with E-state index in [9.17, 15) is 0 Å². The van der Waals surface area contributed by atoms with Crippen LogP contribution in [0.15, 0.2) is 42.6 Å². The highest BCUT2D eigenvalue weighted by atomic mass is 15.3. The summed E-state index contributed by atoms with van der Waals surface area (Å²) in [7, 11) is 3.93. The Hall–Kier alpha value is -2.20. The van der Waals surface area contributed by atoms with Crippen molar-refractivity contribution < 1.29 is 0 Å². The minimum Gasteiger partial charge on any atom is -0.308 e. The molecule has 0 spiro atoms. The number of rotatable bonds is 3. The molecule has 1 N–H and O–H groups in total. The molecule has 0 amide bonds. The van der Waals surface area contributed by atoms with E-state index >= 15 is 0 Å². The van der Waals surface area contributed by atoms with Crippen molar-refractivity contribution in [1.82, 2.24) is 20.1 Å². The summed E-state index contributed by atoms with van der Waals surface area (Å²) in [5.41, 5.74) is 4.33. The van der Waals surface area contributed by atoms with Gasteiger partial charge in [-0.3, -0.25) is 9.67 Å². The van der Waals surface area contributed by atoms with Crippen LogP contribution in [0.5, 0.6) is 0 Å². The number of aryl methyl sites for hydroxylation is 2. The molecule has 20 heavy (non-hydrogen) atoms. The first-order chi connectivity index (χ1) is 9.70. The number of aromatic nitrogens is 3. The molecule has 0 aliphatic heterocycles. The Morgan fingerprint density at radius 1 is 1.15 bits per heavy atom. The monoisotopic (exact) mass is 266 g/mol. The van der Waals surface area contributed by atoms with Gasteiger partial charge < -0.3 is 5.32 Å². The number of fused-ring (bicyclic) bond motifs is 1. The van der Waals surface area contributed by atoms with E-state index in [-0.39, 0.29) is 6.04 Å². The first kappa shape index (κ1) is 12.8. The SMILES string of the molecule is CNC(c1ccc(C)nc1)c1nn(C)c2ccccc12. The summed E-state index contributed by atoms with van der Waals surface area (Å²) < 4.78 is 1.93. The Morgan fingerprint density at radius 2 is 1.95 bits per heavy atom. The standard InChI is InChI=1S/C16H18N4/c1-11-8-9-12(10-18-11)15(17-2)16-13-6-4-5-7-14(13)20(3)19-16/h4-10,15,17H,1-3H3. The summed E-state index contributed by atoms with van der Waals surface area (Å²) in [6, 6.07) is 12.5. The van der Waals surface area contributed by atoms with Crippen LogP contribution in [-0.2, 0) is 7.05 Å². The highest BCUT2D eigenvalue weighted by molar-refractivity contribution is 5.82. The van der Waals surface area contributed by atoms with Gasteiger partial charge in [-0.1, -0.05) is 24.3 Å². The molecule has 2 aromatic heterocycles. The Labute approximate surface area is 118 Å². The molecule has 0 radical (unpaired) electrons. The molecule has 1 aromatic carbocycles. The Morgan fingerprint density at radius 3 is 2.65 bits per heavy atom. The molecule has 0 aliphatic rings. The van der Waals surface area contributed by atoms with Gasteiger partial charge in [0, 0.05) is 24.3 Å². The second-order valence-corrected chi connectivity index (χ2v) is 4.98. The summed E-state index contributed by atoms with van der Waals surface area (Å²) >= 11 is 0. The molecule has 4 nitrogen and oxygen atoms in total. The summed E-state index contributed by atoms with van der Waals surface area (Å²) in [5, 5.41) is 9.21. The van der Waals surface area contributed by atoms with Crippen LogP contribution in [0.3, 0.4) is 0 Å². The first-order valence-corrected chi connectivity index (χ1v) is 6.72. The third-order valence-electron chi connectivity index (χ3n) is 3.62. The maximum atomic E-state index is 4.69. The molecule has 3 aromatic rings. The largest absolute Gasteiger partial charge is 0.308 e. The van der Waals surface area contributed by atoms with Gasteiger partial charge in [0.25, 0.3) is 0 Å². The number of nitrogens with one attached hydrogen (secondary N) is 1. The van der Waals surface area contributed by atoms with Crippen molar-refractivity contribution in [3.05, 3.63) is 59.5 Å². The van der Waals surface area contributed by atoms with Crippen LogP contribution in [0.25, 0.3) is 10.9 Å². The van der Waals surface area contributed by atoms with Crippen LogP contribution >= 0.6 is 0 Å². The van der Waals surface area contributed by atoms with Crippen molar-refractivity contribution in [3.8, 4) is 0 Å². The molecular formula is C16H18N4. The molecule has 3 rings (SSSR count). The number of pyridine rings is 1. The molecule has 0 saturated carbocycles. The van der Waals surface area contributed by atoms with Crippen molar-refractivity contribution in [1.29, 1.82) is 0 Å². The van der Waals surface area contributed by atoms with Gasteiger partial charge in [0.15, 0.2) is 0 Å². The van der Waals surface area contributed by atoms with E-state index in [1.54, 1.807) is 0 Å². The zero-order valence-corrected chi connectivity index (χ0v) is 12.0. The zero-order valence-electron chi connectivity index (χ0n) is 12.0. The van der Waals surface area contributed by atoms with Crippen LogP contribution in [0.4, 0.5) is 0 Å². The third-order valence-corrected chi connectivity index (χ3v) is 3.62. The van der Waals surface area contributed by atoms with Gasteiger partial charge in [-0.15, -0.1) is 0 Å². The van der Waals surface area contributed by atoms with Gasteiger partial charge in [0.05, 0.1) is 17.3 Å². The number of para-hydroxylation sites is 1. The Balaban J connectivity index is 2.14. The average Bonchev–Trinajstić information content (AvgIpc) is 2.80. The fourth-order valence-electron chi connectivity index (χ4n) is 2.57. The summed E-state index contributed by atoms with van der Waals surface area (Å²) in [4.78, 5) is 4.39. The van der Waals surface area contributed by atoms with Crippen LogP contribution in [0.1, 0.15) is 23.0 Å². The van der Waals surface area contributed by atoms with Gasteiger partial charge in [-0.25, -0.2) is 0 Å². The van der Waals surface area contributed by atoms with E-state index in [1.807, 2.05) is 50.1 Å². The fraction of sp³-hybridized carbons (Fsp3) is 0.250. The van der Waals surface area contributed by atoms with Crippen molar-refractivity contribution in [2.24, 2.45) is 7.05 Å².